The highest BCUT2D eigenvalue weighted by Gasteiger charge is 2.28. The number of carboxylic acid groups (broad SMARTS) is 1. The van der Waals surface area contributed by atoms with Gasteiger partial charge in [0, 0.05) is 17.4 Å². The third kappa shape index (κ3) is 4.89. The number of benzene rings is 1. The molecular formula is C15H22AlO3. The Balaban J connectivity index is 0.00000324. The number of hydrogen-bond donors (Lipinski definition) is 2. The molecule has 1 aromatic carbocycles. The van der Waals surface area contributed by atoms with E-state index in [1.54, 1.807) is 12.1 Å². The summed E-state index contributed by atoms with van der Waals surface area (Å²) in [4.78, 5) is 11.0. The average molecular weight is 277 g/mol. The van der Waals surface area contributed by atoms with Crippen LogP contribution in [0.25, 0.3) is 0 Å². The third-order valence-corrected chi connectivity index (χ3v) is 2.98. The Hall–Kier alpha value is -0.978. The minimum absolute atomic E-state index is 0. The quantitative estimate of drug-likeness (QED) is 0.832. The number of hydrogen-bond acceptors (Lipinski definition) is 2. The molecule has 3 nitrogen and oxygen atoms in total. The van der Waals surface area contributed by atoms with Crippen molar-refractivity contribution in [3.63, 3.8) is 0 Å². The fraction of sp³-hybridized carbons (Fsp3) is 0.533. The van der Waals surface area contributed by atoms with Crippen molar-refractivity contribution in [3.8, 4) is 5.75 Å². The molecule has 0 aliphatic heterocycles. The van der Waals surface area contributed by atoms with Crippen molar-refractivity contribution in [2.45, 2.75) is 46.5 Å². The highest BCUT2D eigenvalue weighted by molar-refractivity contribution is 5.91. The van der Waals surface area contributed by atoms with Crippen molar-refractivity contribution in [1.29, 1.82) is 0 Å². The molecule has 0 saturated carbocycles. The molecule has 2 N–H and O–H groups in total. The van der Waals surface area contributed by atoms with Gasteiger partial charge in [-0.2, -0.15) is 0 Å². The fourth-order valence-electron chi connectivity index (χ4n) is 2.56. The number of carboxylic acids is 1. The second-order valence-corrected chi connectivity index (χ2v) is 6.66. The lowest BCUT2D eigenvalue weighted by Gasteiger charge is -2.33. The second-order valence-electron chi connectivity index (χ2n) is 6.66. The molecule has 1 aromatic rings. The summed E-state index contributed by atoms with van der Waals surface area (Å²) in [6.45, 7) is 10.7. The Kier molecular flexibility index (Phi) is 5.68. The van der Waals surface area contributed by atoms with Gasteiger partial charge in [0.15, 0.2) is 0 Å². The first-order valence-corrected chi connectivity index (χ1v) is 6.10. The minimum Gasteiger partial charge on any atom is -0.507 e. The number of carbonyl (C=O) groups is 1. The van der Waals surface area contributed by atoms with Crippen molar-refractivity contribution >= 4 is 23.3 Å². The van der Waals surface area contributed by atoms with E-state index in [1.165, 1.54) is 6.07 Å². The topological polar surface area (TPSA) is 57.5 Å². The van der Waals surface area contributed by atoms with Crippen LogP contribution in [0.15, 0.2) is 18.2 Å². The van der Waals surface area contributed by atoms with Crippen LogP contribution in [0.1, 0.15) is 57.0 Å². The normalized spacial score (nSPS) is 11.8. The summed E-state index contributed by atoms with van der Waals surface area (Å²) in [6.07, 6.45) is 0.934. The van der Waals surface area contributed by atoms with Crippen molar-refractivity contribution in [2.75, 3.05) is 0 Å². The van der Waals surface area contributed by atoms with E-state index >= 15 is 0 Å². The zero-order valence-corrected chi connectivity index (χ0v) is 13.5. The summed E-state index contributed by atoms with van der Waals surface area (Å²) in [7, 11) is 0. The van der Waals surface area contributed by atoms with E-state index in [2.05, 4.69) is 34.6 Å². The Labute approximate surface area is 125 Å². The van der Waals surface area contributed by atoms with E-state index < -0.39 is 5.97 Å². The lowest BCUT2D eigenvalue weighted by molar-refractivity contribution is 0.0693. The molecule has 103 valence electrons. The van der Waals surface area contributed by atoms with Gasteiger partial charge < -0.3 is 10.2 Å². The largest absolute Gasteiger partial charge is 0.507 e. The SMILES string of the molecule is CC(C)(C)CC(C)(C)c1ccc(O)c(C(=O)O)c1.[Al]. The van der Waals surface area contributed by atoms with Gasteiger partial charge in [-0.25, -0.2) is 4.79 Å². The Bertz CT molecular complexity index is 459. The highest BCUT2D eigenvalue weighted by atomic mass is 27.0. The predicted octanol–water partition coefficient (Wildman–Crippen LogP) is 3.42. The summed E-state index contributed by atoms with van der Waals surface area (Å²) in [5, 5.41) is 18.6. The molecule has 0 aromatic heterocycles. The van der Waals surface area contributed by atoms with Crippen LogP contribution in [0.5, 0.6) is 5.75 Å². The first-order chi connectivity index (χ1) is 8.03. The van der Waals surface area contributed by atoms with Gasteiger partial charge in [0.25, 0.3) is 0 Å². The van der Waals surface area contributed by atoms with Gasteiger partial charge in [-0.15, -0.1) is 0 Å². The molecule has 0 atom stereocenters. The monoisotopic (exact) mass is 277 g/mol. The zero-order chi connectivity index (χ0) is 14.1. The Morgan fingerprint density at radius 3 is 2.11 bits per heavy atom. The Morgan fingerprint density at radius 2 is 1.68 bits per heavy atom. The minimum atomic E-state index is -1.10. The van der Waals surface area contributed by atoms with Gasteiger partial charge in [0.2, 0.25) is 0 Å². The molecule has 0 aliphatic rings. The van der Waals surface area contributed by atoms with Gasteiger partial charge in [0.1, 0.15) is 11.3 Å². The van der Waals surface area contributed by atoms with Crippen LogP contribution in [-0.4, -0.2) is 33.5 Å². The molecule has 0 amide bonds. The van der Waals surface area contributed by atoms with E-state index in [-0.39, 0.29) is 39.5 Å². The lowest BCUT2D eigenvalue weighted by atomic mass is 9.72. The van der Waals surface area contributed by atoms with E-state index in [0.717, 1.165) is 12.0 Å². The lowest BCUT2D eigenvalue weighted by Crippen LogP contribution is -2.25. The van der Waals surface area contributed by atoms with Crippen LogP contribution in [-0.2, 0) is 5.41 Å². The molecule has 4 heteroatoms. The summed E-state index contributed by atoms with van der Waals surface area (Å²) in [5.74, 6) is -1.28. The van der Waals surface area contributed by atoms with Crippen LogP contribution in [0.2, 0.25) is 0 Å². The van der Waals surface area contributed by atoms with E-state index in [0.29, 0.717) is 0 Å². The maximum atomic E-state index is 11.0. The number of phenols is 1. The summed E-state index contributed by atoms with van der Waals surface area (Å²) >= 11 is 0. The van der Waals surface area contributed by atoms with Gasteiger partial charge in [0.05, 0.1) is 0 Å². The van der Waals surface area contributed by atoms with Gasteiger partial charge >= 0.3 is 5.97 Å². The smallest absolute Gasteiger partial charge is 0.339 e. The molecule has 0 saturated heterocycles. The van der Waals surface area contributed by atoms with Gasteiger partial charge in [-0.1, -0.05) is 40.7 Å². The van der Waals surface area contributed by atoms with Crippen LogP contribution in [0.4, 0.5) is 0 Å². The third-order valence-electron chi connectivity index (χ3n) is 2.98. The molecule has 3 radical (unpaired) electrons. The molecule has 1 rings (SSSR count). The van der Waals surface area contributed by atoms with Crippen molar-refractivity contribution in [1.82, 2.24) is 0 Å². The molecule has 0 heterocycles. The zero-order valence-electron chi connectivity index (χ0n) is 12.3. The maximum Gasteiger partial charge on any atom is 0.339 e. The molecule has 19 heavy (non-hydrogen) atoms. The molecule has 0 bridgehead atoms. The standard InChI is InChI=1S/C15H22O3.Al/c1-14(2,3)9-15(4,5)10-6-7-12(16)11(8-10)13(17)18;/h6-8,16H,9H2,1-5H3,(H,17,18);. The molecular weight excluding hydrogens is 255 g/mol. The molecule has 0 fully saturated rings. The van der Waals surface area contributed by atoms with Crippen molar-refractivity contribution in [3.05, 3.63) is 29.3 Å². The van der Waals surface area contributed by atoms with Crippen LogP contribution in [0, 0.1) is 5.41 Å². The van der Waals surface area contributed by atoms with E-state index in [1.807, 2.05) is 0 Å². The second kappa shape index (κ2) is 5.98. The molecule has 0 unspecified atom stereocenters. The predicted molar refractivity (Wildman–Crippen MR) is 77.9 cm³/mol. The van der Waals surface area contributed by atoms with E-state index in [9.17, 15) is 9.90 Å². The summed E-state index contributed by atoms with van der Waals surface area (Å²) < 4.78 is 0. The first kappa shape index (κ1) is 18.0. The number of rotatable bonds is 3. The first-order valence-electron chi connectivity index (χ1n) is 6.10. The maximum absolute atomic E-state index is 11.0. The van der Waals surface area contributed by atoms with Crippen LogP contribution in [0.3, 0.4) is 0 Å². The van der Waals surface area contributed by atoms with Gasteiger partial charge in [-0.05, 0) is 34.9 Å². The Morgan fingerprint density at radius 1 is 1.16 bits per heavy atom. The summed E-state index contributed by atoms with van der Waals surface area (Å²) in [6, 6.07) is 4.83. The highest BCUT2D eigenvalue weighted by Crippen LogP contribution is 2.37. The fourth-order valence-corrected chi connectivity index (χ4v) is 2.56. The van der Waals surface area contributed by atoms with Crippen LogP contribution >= 0.6 is 0 Å². The average Bonchev–Trinajstić information content (AvgIpc) is 2.13. The van der Waals surface area contributed by atoms with Crippen molar-refractivity contribution in [2.24, 2.45) is 5.41 Å². The molecule has 0 aliphatic carbocycles. The van der Waals surface area contributed by atoms with E-state index in [4.69, 9.17) is 5.11 Å². The van der Waals surface area contributed by atoms with Crippen molar-refractivity contribution < 1.29 is 15.0 Å². The van der Waals surface area contributed by atoms with Crippen LogP contribution < -0.4 is 0 Å². The summed E-state index contributed by atoms with van der Waals surface area (Å²) in [5.41, 5.74) is 0.933. The number of aromatic hydroxyl groups is 1. The van der Waals surface area contributed by atoms with Gasteiger partial charge in [-0.3, -0.25) is 0 Å². The number of aromatic carboxylic acids is 1. The molecule has 0 spiro atoms.